The van der Waals surface area contributed by atoms with Crippen molar-refractivity contribution in [3.05, 3.63) is 53.7 Å². The summed E-state index contributed by atoms with van der Waals surface area (Å²) in [5.41, 5.74) is 0.806. The molecule has 4 rings (SSSR count). The Balaban J connectivity index is 1.28. The number of hydrogen-bond donors (Lipinski definition) is 2. The topological polar surface area (TPSA) is 78.0 Å². The van der Waals surface area contributed by atoms with Gasteiger partial charge in [0, 0.05) is 32.7 Å². The van der Waals surface area contributed by atoms with Crippen molar-refractivity contribution in [2.75, 3.05) is 49.1 Å². The quantitative estimate of drug-likeness (QED) is 0.599. The number of piperazine rings is 1. The first-order valence-electron chi connectivity index (χ1n) is 10.7. The van der Waals surface area contributed by atoms with Crippen LogP contribution in [0.25, 0.3) is 0 Å². The molecule has 2 aromatic rings. The van der Waals surface area contributed by atoms with E-state index in [0.717, 1.165) is 49.7 Å². The average molecular weight is 496 g/mol. The summed E-state index contributed by atoms with van der Waals surface area (Å²) in [6.45, 7) is 4.03. The fourth-order valence-electron chi connectivity index (χ4n) is 3.96. The minimum absolute atomic E-state index is 0.187. The normalized spacial score (nSPS) is 19.3. The second kappa shape index (κ2) is 10.1. The lowest BCUT2D eigenvalue weighted by atomic mass is 10.1. The Bertz CT molecular complexity index is 1010. The fourth-order valence-corrected chi connectivity index (χ4v) is 4.05. The van der Waals surface area contributed by atoms with Gasteiger partial charge in [0.2, 0.25) is 0 Å². The molecule has 1 aromatic heterocycles. The SMILES string of the molecule is O=C(S)NCC1CN(c2ccc(N3CCN(Cc4ccc(C(F)(F)F)cc4)CC3)nc2)C(=O)O1. The third-order valence-electron chi connectivity index (χ3n) is 5.78. The van der Waals surface area contributed by atoms with E-state index in [1.54, 1.807) is 12.3 Å². The van der Waals surface area contributed by atoms with Gasteiger partial charge in [-0.15, -0.1) is 0 Å². The molecular weight excluding hydrogens is 471 g/mol. The zero-order valence-electron chi connectivity index (χ0n) is 18.2. The molecule has 2 aliphatic rings. The van der Waals surface area contributed by atoms with E-state index in [1.807, 2.05) is 6.07 Å². The molecule has 12 heteroatoms. The number of halogens is 3. The van der Waals surface area contributed by atoms with E-state index in [0.29, 0.717) is 18.8 Å². The summed E-state index contributed by atoms with van der Waals surface area (Å²) >= 11 is 3.63. The number of rotatable bonds is 6. The minimum Gasteiger partial charge on any atom is -0.442 e. The Kier molecular flexibility index (Phi) is 7.17. The van der Waals surface area contributed by atoms with Crippen LogP contribution in [0.2, 0.25) is 0 Å². The molecule has 2 amide bonds. The monoisotopic (exact) mass is 495 g/mol. The van der Waals surface area contributed by atoms with Crippen LogP contribution in [0.5, 0.6) is 0 Å². The minimum atomic E-state index is -4.33. The smallest absolute Gasteiger partial charge is 0.416 e. The molecule has 0 saturated carbocycles. The van der Waals surface area contributed by atoms with Gasteiger partial charge < -0.3 is 15.0 Å². The third kappa shape index (κ3) is 5.92. The number of anilines is 2. The number of hydrogen-bond acceptors (Lipinski definition) is 6. The van der Waals surface area contributed by atoms with Crippen molar-refractivity contribution in [3.63, 3.8) is 0 Å². The van der Waals surface area contributed by atoms with E-state index in [9.17, 15) is 22.8 Å². The molecule has 1 unspecified atom stereocenters. The van der Waals surface area contributed by atoms with E-state index in [-0.39, 0.29) is 6.54 Å². The molecule has 0 spiro atoms. The van der Waals surface area contributed by atoms with Crippen LogP contribution in [0.15, 0.2) is 42.6 Å². The first-order chi connectivity index (χ1) is 16.2. The Morgan fingerprint density at radius 1 is 1.12 bits per heavy atom. The number of nitrogens with one attached hydrogen (secondary N) is 1. The van der Waals surface area contributed by atoms with Crippen LogP contribution in [0, 0.1) is 0 Å². The molecule has 34 heavy (non-hydrogen) atoms. The highest BCUT2D eigenvalue weighted by molar-refractivity contribution is 7.96. The number of alkyl halides is 3. The summed E-state index contributed by atoms with van der Waals surface area (Å²) in [7, 11) is 0. The predicted octanol–water partition coefficient (Wildman–Crippen LogP) is 3.39. The van der Waals surface area contributed by atoms with Crippen molar-refractivity contribution in [2.45, 2.75) is 18.8 Å². The molecule has 2 fully saturated rings. The first kappa shape index (κ1) is 24.1. The van der Waals surface area contributed by atoms with Gasteiger partial charge in [0.15, 0.2) is 0 Å². The number of carbonyl (C=O) groups is 2. The van der Waals surface area contributed by atoms with E-state index >= 15 is 0 Å². The largest absolute Gasteiger partial charge is 0.442 e. The molecule has 2 aliphatic heterocycles. The number of aromatic nitrogens is 1. The van der Waals surface area contributed by atoms with Gasteiger partial charge >= 0.3 is 12.3 Å². The van der Waals surface area contributed by atoms with Gasteiger partial charge in [0.1, 0.15) is 11.9 Å². The van der Waals surface area contributed by atoms with Gasteiger partial charge in [-0.05, 0) is 29.8 Å². The Hall–Kier alpha value is -2.99. The highest BCUT2D eigenvalue weighted by Crippen LogP contribution is 2.29. The van der Waals surface area contributed by atoms with Crippen LogP contribution in [0.1, 0.15) is 11.1 Å². The fraction of sp³-hybridized carbons (Fsp3) is 0.409. The summed E-state index contributed by atoms with van der Waals surface area (Å²) in [6.07, 6.45) is -3.66. The average Bonchev–Trinajstić information content (AvgIpc) is 3.19. The van der Waals surface area contributed by atoms with Crippen molar-refractivity contribution >= 4 is 35.5 Å². The Labute approximate surface area is 200 Å². The van der Waals surface area contributed by atoms with Gasteiger partial charge in [-0.25, -0.2) is 9.78 Å². The summed E-state index contributed by atoms with van der Waals surface area (Å²) in [4.78, 5) is 33.3. The maximum Gasteiger partial charge on any atom is 0.416 e. The van der Waals surface area contributed by atoms with Crippen LogP contribution in [-0.4, -0.2) is 66.6 Å². The molecular formula is C22H24F3N5O3S. The zero-order chi connectivity index (χ0) is 24.3. The maximum absolute atomic E-state index is 12.7. The second-order valence-electron chi connectivity index (χ2n) is 8.13. The van der Waals surface area contributed by atoms with E-state index < -0.39 is 29.2 Å². The highest BCUT2D eigenvalue weighted by Gasteiger charge is 2.33. The van der Waals surface area contributed by atoms with Crippen LogP contribution >= 0.6 is 12.6 Å². The van der Waals surface area contributed by atoms with Gasteiger partial charge in [-0.3, -0.25) is 14.6 Å². The summed E-state index contributed by atoms with van der Waals surface area (Å²) in [6, 6.07) is 8.93. The lowest BCUT2D eigenvalue weighted by molar-refractivity contribution is -0.137. The number of pyridine rings is 1. The van der Waals surface area contributed by atoms with Crippen LogP contribution in [-0.2, 0) is 17.5 Å². The summed E-state index contributed by atoms with van der Waals surface area (Å²) in [5.74, 6) is 0.782. The van der Waals surface area contributed by atoms with Crippen LogP contribution < -0.4 is 15.1 Å². The maximum atomic E-state index is 12.7. The molecule has 0 bridgehead atoms. The third-order valence-corrected chi connectivity index (χ3v) is 5.94. The van der Waals surface area contributed by atoms with Crippen LogP contribution in [0.3, 0.4) is 0 Å². The number of amides is 2. The molecule has 2 saturated heterocycles. The van der Waals surface area contributed by atoms with Crippen molar-refractivity contribution in [3.8, 4) is 0 Å². The number of benzene rings is 1. The van der Waals surface area contributed by atoms with Gasteiger partial charge in [-0.2, -0.15) is 13.2 Å². The van der Waals surface area contributed by atoms with E-state index in [1.165, 1.54) is 17.0 Å². The molecule has 1 N–H and O–H groups in total. The lowest BCUT2D eigenvalue weighted by Crippen LogP contribution is -2.46. The molecule has 1 aromatic carbocycles. The predicted molar refractivity (Wildman–Crippen MR) is 123 cm³/mol. The van der Waals surface area contributed by atoms with Crippen molar-refractivity contribution in [1.82, 2.24) is 15.2 Å². The Morgan fingerprint density at radius 3 is 2.41 bits per heavy atom. The summed E-state index contributed by atoms with van der Waals surface area (Å²) in [5, 5.41) is 2.02. The van der Waals surface area contributed by atoms with Crippen molar-refractivity contribution in [2.24, 2.45) is 0 Å². The number of carbonyl (C=O) groups excluding carboxylic acids is 2. The molecule has 3 heterocycles. The van der Waals surface area contributed by atoms with Crippen molar-refractivity contribution < 1.29 is 27.5 Å². The molecule has 8 nitrogen and oxygen atoms in total. The number of ether oxygens (including phenoxy) is 1. The first-order valence-corrected chi connectivity index (χ1v) is 11.2. The van der Waals surface area contributed by atoms with Gasteiger partial charge in [0.05, 0.1) is 30.5 Å². The van der Waals surface area contributed by atoms with E-state index in [4.69, 9.17) is 4.74 Å². The van der Waals surface area contributed by atoms with Crippen molar-refractivity contribution in [1.29, 1.82) is 0 Å². The molecule has 0 aliphatic carbocycles. The highest BCUT2D eigenvalue weighted by atomic mass is 32.1. The summed E-state index contributed by atoms with van der Waals surface area (Å²) < 4.78 is 43.4. The zero-order valence-corrected chi connectivity index (χ0v) is 19.1. The second-order valence-corrected chi connectivity index (χ2v) is 8.54. The lowest BCUT2D eigenvalue weighted by Gasteiger charge is -2.35. The van der Waals surface area contributed by atoms with Gasteiger partial charge in [-0.1, -0.05) is 24.8 Å². The molecule has 1 atom stereocenters. The van der Waals surface area contributed by atoms with Gasteiger partial charge in [0.25, 0.3) is 5.24 Å². The standard InChI is InChI=1S/C22H24F3N5O3S/c23-22(24,25)16-3-1-15(2-4-16)13-28-7-9-29(10-8-28)19-6-5-17(11-26-19)30-14-18(33-21(30)32)12-27-20(31)34/h1-6,11,18H,7-10,12-14H2,(H2,27,31,34). The Morgan fingerprint density at radius 2 is 1.82 bits per heavy atom. The number of nitrogens with zero attached hydrogens (tertiary/aromatic N) is 4. The molecule has 0 radical (unpaired) electrons. The molecule has 182 valence electrons. The number of thiol groups is 1. The van der Waals surface area contributed by atoms with Crippen LogP contribution in [0.4, 0.5) is 34.3 Å². The van der Waals surface area contributed by atoms with E-state index in [2.05, 4.69) is 32.7 Å². The number of cyclic esters (lactones) is 1.